The zero-order valence-electron chi connectivity index (χ0n) is 20.8. The Balaban J connectivity index is 2.02. The number of amides is 1. The molecular weight excluding hydrogens is 487 g/mol. The van der Waals surface area contributed by atoms with Gasteiger partial charge in [0.2, 0.25) is 0 Å². The number of nitrogens with zero attached hydrogens (tertiary/aromatic N) is 2. The maximum absolute atomic E-state index is 16.6. The van der Waals surface area contributed by atoms with Crippen LogP contribution in [0.5, 0.6) is 5.75 Å². The van der Waals surface area contributed by atoms with E-state index in [1.54, 1.807) is 19.1 Å². The molecule has 1 aliphatic heterocycles. The smallest absolute Gasteiger partial charge is 0.267 e. The Bertz CT molecular complexity index is 1280. The lowest BCUT2D eigenvalue weighted by molar-refractivity contribution is -0.108. The number of aromatic nitrogens is 2. The Morgan fingerprint density at radius 2 is 1.95 bits per heavy atom. The number of halogens is 3. The van der Waals surface area contributed by atoms with Crippen molar-refractivity contribution in [2.45, 2.75) is 32.3 Å². The molecule has 196 valence electrons. The van der Waals surface area contributed by atoms with Crippen LogP contribution in [-0.2, 0) is 15.1 Å². The largest absolute Gasteiger partial charge is 0.491 e. The van der Waals surface area contributed by atoms with Gasteiger partial charge < -0.3 is 19.9 Å². The van der Waals surface area contributed by atoms with Gasteiger partial charge in [0.25, 0.3) is 5.91 Å². The van der Waals surface area contributed by atoms with Crippen molar-refractivity contribution in [1.29, 1.82) is 0 Å². The van der Waals surface area contributed by atoms with E-state index in [9.17, 15) is 4.79 Å². The molecule has 2 aromatic heterocycles. The van der Waals surface area contributed by atoms with Crippen molar-refractivity contribution in [3.8, 4) is 28.1 Å². The van der Waals surface area contributed by atoms with Gasteiger partial charge in [-0.15, -0.1) is 0 Å². The van der Waals surface area contributed by atoms with Gasteiger partial charge in [-0.3, -0.25) is 9.78 Å². The van der Waals surface area contributed by atoms with Gasteiger partial charge in [0.1, 0.15) is 35.4 Å². The first-order valence-electron chi connectivity index (χ1n) is 11.9. The van der Waals surface area contributed by atoms with E-state index < -0.39 is 40.2 Å². The second-order valence-electron chi connectivity index (χ2n) is 9.08. The molecular formula is C27H28F3N3O4. The predicted molar refractivity (Wildman–Crippen MR) is 130 cm³/mol. The topological polar surface area (TPSA) is 96.6 Å². The Kier molecular flexibility index (Phi) is 7.79. The molecule has 1 aliphatic rings. The van der Waals surface area contributed by atoms with Gasteiger partial charge in [0.05, 0.1) is 17.8 Å². The molecule has 2 N–H and O–H groups in total. The van der Waals surface area contributed by atoms with E-state index in [-0.39, 0.29) is 41.7 Å². The van der Waals surface area contributed by atoms with Crippen LogP contribution in [0.4, 0.5) is 13.2 Å². The van der Waals surface area contributed by atoms with Gasteiger partial charge in [0.15, 0.2) is 5.82 Å². The van der Waals surface area contributed by atoms with Crippen molar-refractivity contribution in [2.24, 2.45) is 11.7 Å². The monoisotopic (exact) mass is 515 g/mol. The maximum Gasteiger partial charge on any atom is 0.267 e. The number of methoxy groups -OCH3 is 1. The highest BCUT2D eigenvalue weighted by Gasteiger charge is 2.43. The molecule has 0 aliphatic carbocycles. The molecule has 0 spiro atoms. The van der Waals surface area contributed by atoms with Crippen molar-refractivity contribution in [3.63, 3.8) is 0 Å². The SMILES string of the molecule is COCCOc1cc(F)c(-c2nc(C(N)=O)c(-c3cccnc3)c(C3(C)OCCCC3C)c2F)c(F)c1. The van der Waals surface area contributed by atoms with Crippen molar-refractivity contribution >= 4 is 5.91 Å². The van der Waals surface area contributed by atoms with Gasteiger partial charge in [0, 0.05) is 54.9 Å². The lowest BCUT2D eigenvalue weighted by Gasteiger charge is -2.41. The summed E-state index contributed by atoms with van der Waals surface area (Å²) in [4.78, 5) is 20.8. The van der Waals surface area contributed by atoms with E-state index in [4.69, 9.17) is 19.9 Å². The molecule has 1 amide bonds. The van der Waals surface area contributed by atoms with E-state index in [1.165, 1.54) is 19.5 Å². The van der Waals surface area contributed by atoms with Crippen LogP contribution in [0.2, 0.25) is 0 Å². The number of nitrogens with two attached hydrogens (primary N) is 1. The second kappa shape index (κ2) is 10.9. The lowest BCUT2D eigenvalue weighted by atomic mass is 9.75. The fraction of sp³-hybridized carbons (Fsp3) is 0.370. The summed E-state index contributed by atoms with van der Waals surface area (Å²) < 4.78 is 63.4. The molecule has 0 saturated carbocycles. The molecule has 1 saturated heterocycles. The number of benzene rings is 1. The molecule has 7 nitrogen and oxygen atoms in total. The summed E-state index contributed by atoms with van der Waals surface area (Å²) in [7, 11) is 1.46. The summed E-state index contributed by atoms with van der Waals surface area (Å²) >= 11 is 0. The first-order valence-corrected chi connectivity index (χ1v) is 11.9. The highest BCUT2D eigenvalue weighted by Crippen LogP contribution is 2.47. The van der Waals surface area contributed by atoms with Crippen molar-refractivity contribution in [2.75, 3.05) is 26.9 Å². The van der Waals surface area contributed by atoms with Crippen LogP contribution < -0.4 is 10.5 Å². The third-order valence-corrected chi connectivity index (χ3v) is 6.75. The molecule has 3 aromatic rings. The quantitative estimate of drug-likeness (QED) is 0.424. The number of primary amides is 1. The Hall–Kier alpha value is -3.50. The van der Waals surface area contributed by atoms with Crippen molar-refractivity contribution in [3.05, 3.63) is 65.4 Å². The molecule has 0 bridgehead atoms. The van der Waals surface area contributed by atoms with Gasteiger partial charge in [-0.2, -0.15) is 0 Å². The Morgan fingerprint density at radius 3 is 2.54 bits per heavy atom. The molecule has 2 atom stereocenters. The third-order valence-electron chi connectivity index (χ3n) is 6.75. The van der Waals surface area contributed by atoms with Crippen LogP contribution in [0.3, 0.4) is 0 Å². The summed E-state index contributed by atoms with van der Waals surface area (Å²) in [5.41, 5.74) is 3.07. The number of carbonyl (C=O) groups excluding carboxylic acids is 1. The molecule has 37 heavy (non-hydrogen) atoms. The average Bonchev–Trinajstić information content (AvgIpc) is 2.86. The maximum atomic E-state index is 16.6. The van der Waals surface area contributed by atoms with Crippen LogP contribution in [0.1, 0.15) is 42.7 Å². The highest BCUT2D eigenvalue weighted by atomic mass is 19.1. The van der Waals surface area contributed by atoms with Crippen LogP contribution in [0.15, 0.2) is 36.7 Å². The minimum atomic E-state index is -1.24. The molecule has 2 unspecified atom stereocenters. The highest BCUT2D eigenvalue weighted by molar-refractivity contribution is 6.00. The summed E-state index contributed by atoms with van der Waals surface area (Å²) in [6.07, 6.45) is 4.43. The van der Waals surface area contributed by atoms with E-state index in [1.807, 2.05) is 6.92 Å². The molecule has 3 heterocycles. The minimum absolute atomic E-state index is 0.0503. The number of hydrogen-bond donors (Lipinski definition) is 1. The standard InChI is InChI=1S/C27H28F3N3O4/c1-15-6-5-9-37-27(15,2)22-20(16-7-4-8-32-14-16)25(26(31)34)33-24(23(22)30)21-18(28)12-17(13-19(21)29)36-11-10-35-3/h4,7-8,12-15H,5-6,9-11H2,1-3H3,(H2,31,34). The van der Waals surface area contributed by atoms with Gasteiger partial charge in [-0.1, -0.05) is 13.0 Å². The van der Waals surface area contributed by atoms with E-state index >= 15 is 13.2 Å². The predicted octanol–water partition coefficient (Wildman–Crippen LogP) is 5.01. The molecule has 1 aromatic carbocycles. The molecule has 10 heteroatoms. The average molecular weight is 516 g/mol. The zero-order valence-corrected chi connectivity index (χ0v) is 20.8. The van der Waals surface area contributed by atoms with Crippen LogP contribution in [0.25, 0.3) is 22.4 Å². The Labute approximate surface area is 212 Å². The third kappa shape index (κ3) is 5.03. The minimum Gasteiger partial charge on any atom is -0.491 e. The summed E-state index contributed by atoms with van der Waals surface area (Å²) in [5, 5.41) is 0. The molecule has 1 fully saturated rings. The van der Waals surface area contributed by atoms with Gasteiger partial charge in [-0.05, 0) is 31.7 Å². The van der Waals surface area contributed by atoms with Crippen LogP contribution >= 0.6 is 0 Å². The molecule has 0 radical (unpaired) electrons. The normalized spacial score (nSPS) is 19.6. The van der Waals surface area contributed by atoms with E-state index in [0.29, 0.717) is 18.6 Å². The summed E-state index contributed by atoms with van der Waals surface area (Å²) in [6.45, 7) is 4.20. The molecule has 4 rings (SSSR count). The van der Waals surface area contributed by atoms with Gasteiger partial charge >= 0.3 is 0 Å². The number of pyridine rings is 2. The number of rotatable bonds is 8. The van der Waals surface area contributed by atoms with Crippen molar-refractivity contribution in [1.82, 2.24) is 9.97 Å². The number of hydrogen-bond acceptors (Lipinski definition) is 6. The van der Waals surface area contributed by atoms with E-state index in [0.717, 1.165) is 18.6 Å². The second-order valence-corrected chi connectivity index (χ2v) is 9.08. The fourth-order valence-corrected chi connectivity index (χ4v) is 4.68. The van der Waals surface area contributed by atoms with Crippen LogP contribution in [0, 0.1) is 23.4 Å². The van der Waals surface area contributed by atoms with E-state index in [2.05, 4.69) is 9.97 Å². The summed E-state index contributed by atoms with van der Waals surface area (Å²) in [5.74, 6) is -4.53. The fourth-order valence-electron chi connectivity index (χ4n) is 4.68. The first kappa shape index (κ1) is 26.6. The first-order chi connectivity index (χ1) is 17.7. The van der Waals surface area contributed by atoms with Gasteiger partial charge in [-0.25, -0.2) is 18.2 Å². The Morgan fingerprint density at radius 1 is 1.22 bits per heavy atom. The number of ether oxygens (including phenoxy) is 3. The van der Waals surface area contributed by atoms with Crippen LogP contribution in [-0.4, -0.2) is 42.8 Å². The lowest BCUT2D eigenvalue weighted by Crippen LogP contribution is -2.40. The summed E-state index contributed by atoms with van der Waals surface area (Å²) in [6, 6.07) is 5.10. The zero-order chi connectivity index (χ0) is 26.7. The van der Waals surface area contributed by atoms with Crippen molar-refractivity contribution < 1.29 is 32.2 Å². The number of carbonyl (C=O) groups is 1.